The van der Waals surface area contributed by atoms with Crippen LogP contribution in [0, 0.1) is 33.4 Å². The fraction of sp³-hybridized carbons (Fsp3) is 0.381. The van der Waals surface area contributed by atoms with Crippen LogP contribution in [0.4, 0.5) is 23.2 Å². The van der Waals surface area contributed by atoms with Crippen molar-refractivity contribution in [2.24, 2.45) is 0 Å². The second-order valence-electron chi connectivity index (χ2n) is 7.35. The van der Waals surface area contributed by atoms with Gasteiger partial charge in [-0.3, -0.25) is 14.9 Å². The molecular weight excluding hydrogens is 404 g/mol. The Morgan fingerprint density at radius 2 is 1.60 bits per heavy atom. The Kier molecular flexibility index (Phi) is 6.97. The average molecular weight is 426 g/mol. The van der Waals surface area contributed by atoms with Gasteiger partial charge in [-0.1, -0.05) is 19.1 Å². The van der Waals surface area contributed by atoms with Gasteiger partial charge in [0.05, 0.1) is 10.3 Å². The van der Waals surface area contributed by atoms with Gasteiger partial charge < -0.3 is 4.90 Å². The highest BCUT2D eigenvalue weighted by molar-refractivity contribution is 5.94. The van der Waals surface area contributed by atoms with Gasteiger partial charge in [0, 0.05) is 36.2 Å². The van der Waals surface area contributed by atoms with Gasteiger partial charge in [-0.25, -0.2) is 17.6 Å². The third-order valence-electron chi connectivity index (χ3n) is 5.39. The molecule has 5 nitrogen and oxygen atoms in total. The number of ketones is 1. The van der Waals surface area contributed by atoms with Crippen molar-refractivity contribution < 1.29 is 27.3 Å². The molecular formula is C21H22F4N2O3. The van der Waals surface area contributed by atoms with Gasteiger partial charge in [0.15, 0.2) is 23.3 Å². The molecule has 0 aliphatic heterocycles. The summed E-state index contributed by atoms with van der Waals surface area (Å²) >= 11 is 0. The molecule has 2 aromatic rings. The van der Waals surface area contributed by atoms with E-state index in [2.05, 4.69) is 0 Å². The second kappa shape index (κ2) is 8.91. The zero-order chi connectivity index (χ0) is 22.8. The highest BCUT2D eigenvalue weighted by Crippen LogP contribution is 2.43. The molecule has 0 fully saturated rings. The number of benzene rings is 2. The molecule has 0 saturated carbocycles. The summed E-state index contributed by atoms with van der Waals surface area (Å²) in [5.41, 5.74) is -3.42. The summed E-state index contributed by atoms with van der Waals surface area (Å²) in [7, 11) is 3.36. The Labute approximate surface area is 171 Å². The fourth-order valence-corrected chi connectivity index (χ4v) is 3.52. The predicted molar refractivity (Wildman–Crippen MR) is 103 cm³/mol. The van der Waals surface area contributed by atoms with Gasteiger partial charge in [-0.15, -0.1) is 0 Å². The summed E-state index contributed by atoms with van der Waals surface area (Å²) in [6.07, 6.45) is -0.393. The molecule has 0 radical (unpaired) electrons. The molecule has 0 heterocycles. The van der Waals surface area contributed by atoms with Crippen LogP contribution in [0.1, 0.15) is 37.8 Å². The Balaban J connectivity index is 2.96. The number of carbonyl (C=O) groups excluding carboxylic acids is 1. The Hall–Kier alpha value is -2.81. The first-order valence-corrected chi connectivity index (χ1v) is 9.25. The Bertz CT molecular complexity index is 937. The van der Waals surface area contributed by atoms with E-state index in [1.54, 1.807) is 25.9 Å². The van der Waals surface area contributed by atoms with Crippen LogP contribution in [0.3, 0.4) is 0 Å². The first kappa shape index (κ1) is 23.5. The average Bonchev–Trinajstić information content (AvgIpc) is 2.70. The summed E-state index contributed by atoms with van der Waals surface area (Å²) in [4.78, 5) is 25.2. The number of hydrogen-bond donors (Lipinski definition) is 0. The van der Waals surface area contributed by atoms with Crippen LogP contribution >= 0.6 is 0 Å². The zero-order valence-corrected chi connectivity index (χ0v) is 17.0. The number of nitro benzene ring substituents is 1. The molecule has 9 heteroatoms. The molecule has 0 spiro atoms. The van der Waals surface area contributed by atoms with Crippen molar-refractivity contribution >= 4 is 11.5 Å². The van der Waals surface area contributed by atoms with Crippen LogP contribution in [-0.4, -0.2) is 35.7 Å². The van der Waals surface area contributed by atoms with E-state index in [1.165, 1.54) is 19.1 Å². The quantitative estimate of drug-likeness (QED) is 0.264. The summed E-state index contributed by atoms with van der Waals surface area (Å²) in [6, 6.07) is 4.18. The first-order chi connectivity index (χ1) is 14.0. The van der Waals surface area contributed by atoms with Crippen molar-refractivity contribution in [2.75, 3.05) is 14.1 Å². The van der Waals surface area contributed by atoms with Crippen molar-refractivity contribution in [3.05, 3.63) is 74.8 Å². The summed E-state index contributed by atoms with van der Waals surface area (Å²) in [6.45, 7) is 3.16. The number of carbonyl (C=O) groups is 1. The van der Waals surface area contributed by atoms with Crippen molar-refractivity contribution in [2.45, 2.75) is 38.1 Å². The van der Waals surface area contributed by atoms with E-state index in [9.17, 15) is 32.5 Å². The highest BCUT2D eigenvalue weighted by Gasteiger charge is 2.47. The SMILES string of the molecule is CCC(=O)[C@@](C[C@@H](C)N(C)C)(c1ccc([N+](=O)[O-])cc1)c1c(F)c(F)cc(F)c1F. The lowest BCUT2D eigenvalue weighted by Gasteiger charge is -2.37. The Morgan fingerprint density at radius 1 is 1.10 bits per heavy atom. The number of Topliss-reactive ketones (excluding diaryl/α,β-unsaturated/α-hetero) is 1. The summed E-state index contributed by atoms with van der Waals surface area (Å²) < 4.78 is 58.1. The lowest BCUT2D eigenvalue weighted by molar-refractivity contribution is -0.384. The van der Waals surface area contributed by atoms with Gasteiger partial charge in [0.1, 0.15) is 5.78 Å². The van der Waals surface area contributed by atoms with Crippen molar-refractivity contribution in [1.82, 2.24) is 4.90 Å². The van der Waals surface area contributed by atoms with Crippen LogP contribution in [-0.2, 0) is 10.2 Å². The van der Waals surface area contributed by atoms with Crippen molar-refractivity contribution in [1.29, 1.82) is 0 Å². The molecule has 30 heavy (non-hydrogen) atoms. The van der Waals surface area contributed by atoms with Gasteiger partial charge in [0.25, 0.3) is 5.69 Å². The van der Waals surface area contributed by atoms with Gasteiger partial charge in [-0.2, -0.15) is 0 Å². The number of halogens is 4. The van der Waals surface area contributed by atoms with Crippen LogP contribution < -0.4 is 0 Å². The molecule has 0 aromatic heterocycles. The van der Waals surface area contributed by atoms with E-state index in [4.69, 9.17) is 0 Å². The number of non-ortho nitro benzene ring substituents is 1. The third-order valence-corrected chi connectivity index (χ3v) is 5.39. The van der Waals surface area contributed by atoms with Crippen LogP contribution in [0.2, 0.25) is 0 Å². The monoisotopic (exact) mass is 426 g/mol. The van der Waals surface area contributed by atoms with Crippen molar-refractivity contribution in [3.63, 3.8) is 0 Å². The minimum atomic E-state index is -2.09. The molecule has 0 saturated heterocycles. The van der Waals surface area contributed by atoms with Crippen LogP contribution in [0.15, 0.2) is 30.3 Å². The summed E-state index contributed by atoms with van der Waals surface area (Å²) in [5.74, 6) is -7.26. The molecule has 162 valence electrons. The largest absolute Gasteiger partial charge is 0.307 e. The fourth-order valence-electron chi connectivity index (χ4n) is 3.52. The molecule has 0 aliphatic rings. The van der Waals surface area contributed by atoms with Crippen molar-refractivity contribution in [3.8, 4) is 0 Å². The lowest BCUT2D eigenvalue weighted by atomic mass is 9.66. The number of rotatable bonds is 8. The molecule has 2 aromatic carbocycles. The summed E-state index contributed by atoms with van der Waals surface area (Å²) in [5, 5.41) is 11.0. The molecule has 0 amide bonds. The van der Waals surface area contributed by atoms with E-state index in [0.717, 1.165) is 12.1 Å². The van der Waals surface area contributed by atoms with E-state index in [0.29, 0.717) is 0 Å². The maximum Gasteiger partial charge on any atom is 0.269 e. The second-order valence-corrected chi connectivity index (χ2v) is 7.35. The lowest BCUT2D eigenvalue weighted by Crippen LogP contribution is -2.44. The molecule has 0 unspecified atom stereocenters. The zero-order valence-electron chi connectivity index (χ0n) is 17.0. The van der Waals surface area contributed by atoms with Gasteiger partial charge in [-0.05, 0) is 33.0 Å². The predicted octanol–water partition coefficient (Wildman–Crippen LogP) is 4.76. The standard InChI is InChI=1S/C21H22F4N2O3/c1-5-17(28)21(11-12(2)26(3)4,13-6-8-14(9-7-13)27(29)30)18-19(24)15(22)10-16(23)20(18)25/h6-10,12H,5,11H2,1-4H3/t12-,21-/m1/s1. The van der Waals surface area contributed by atoms with E-state index in [-0.39, 0.29) is 30.2 Å². The molecule has 2 rings (SSSR count). The van der Waals surface area contributed by atoms with Gasteiger partial charge >= 0.3 is 0 Å². The molecule has 0 aliphatic carbocycles. The van der Waals surface area contributed by atoms with Crippen LogP contribution in [0.5, 0.6) is 0 Å². The maximum absolute atomic E-state index is 14.9. The first-order valence-electron chi connectivity index (χ1n) is 9.25. The van der Waals surface area contributed by atoms with Gasteiger partial charge in [0.2, 0.25) is 0 Å². The third kappa shape index (κ3) is 4.07. The smallest absolute Gasteiger partial charge is 0.269 e. The topological polar surface area (TPSA) is 63.5 Å². The van der Waals surface area contributed by atoms with E-state index in [1.807, 2.05) is 0 Å². The van der Waals surface area contributed by atoms with Crippen LogP contribution in [0.25, 0.3) is 0 Å². The maximum atomic E-state index is 14.9. The number of hydrogen-bond acceptors (Lipinski definition) is 4. The minimum absolute atomic E-state index is 0.0106. The molecule has 0 N–H and O–H groups in total. The number of nitro groups is 1. The normalized spacial score (nSPS) is 14.4. The Morgan fingerprint density at radius 3 is 2.00 bits per heavy atom. The highest BCUT2D eigenvalue weighted by atomic mass is 19.2. The van der Waals surface area contributed by atoms with E-state index < -0.39 is 51.0 Å². The molecule has 2 atom stereocenters. The molecule has 0 bridgehead atoms. The van der Waals surface area contributed by atoms with E-state index >= 15 is 0 Å². The number of nitrogens with zero attached hydrogens (tertiary/aromatic N) is 2. The minimum Gasteiger partial charge on any atom is -0.307 e.